The smallest absolute Gasteiger partial charge is 0.299 e. The van der Waals surface area contributed by atoms with Gasteiger partial charge >= 0.3 is 0 Å². The SMILES string of the molecule is Cc1ccc2c(oc3cc(-c4ccccc4)ccc32)c1-c1n(-c2ccc3c(oc4ccccc43)c2-c2ccccc2)c2ccccc2[n+]1C. The Balaban J connectivity index is 1.32. The molecular weight excluding hydrogens is 601 g/mol. The van der Waals surface area contributed by atoms with Gasteiger partial charge in [0.15, 0.2) is 16.6 Å². The first kappa shape index (κ1) is 27.7. The highest BCUT2D eigenvalue weighted by Crippen LogP contribution is 2.44. The van der Waals surface area contributed by atoms with Gasteiger partial charge in [-0.05, 0) is 71.6 Å². The second-order valence-corrected chi connectivity index (χ2v) is 12.8. The maximum absolute atomic E-state index is 6.90. The average Bonchev–Trinajstić information content (AvgIpc) is 3.81. The van der Waals surface area contributed by atoms with E-state index in [4.69, 9.17) is 8.83 Å². The van der Waals surface area contributed by atoms with Crippen molar-refractivity contribution in [3.63, 3.8) is 0 Å². The van der Waals surface area contributed by atoms with Gasteiger partial charge in [-0.2, -0.15) is 4.57 Å². The van der Waals surface area contributed by atoms with Crippen LogP contribution in [0.25, 0.3) is 94.2 Å². The van der Waals surface area contributed by atoms with Crippen LogP contribution in [0.2, 0.25) is 0 Å². The Bertz CT molecular complexity index is 2890. The van der Waals surface area contributed by atoms with Gasteiger partial charge in [0.2, 0.25) is 0 Å². The molecule has 49 heavy (non-hydrogen) atoms. The van der Waals surface area contributed by atoms with Crippen LogP contribution in [0.3, 0.4) is 0 Å². The molecule has 232 valence electrons. The third kappa shape index (κ3) is 4.07. The highest BCUT2D eigenvalue weighted by molar-refractivity contribution is 6.13. The molecule has 0 saturated carbocycles. The summed E-state index contributed by atoms with van der Waals surface area (Å²) in [5.41, 5.74) is 13.5. The lowest BCUT2D eigenvalue weighted by atomic mass is 9.99. The zero-order valence-electron chi connectivity index (χ0n) is 27.1. The minimum atomic E-state index is 0.877. The molecule has 0 aliphatic rings. The Kier molecular flexibility index (Phi) is 5.97. The number of fused-ring (bicyclic) bond motifs is 7. The molecule has 3 heterocycles. The number of imidazole rings is 1. The van der Waals surface area contributed by atoms with Gasteiger partial charge in [-0.15, -0.1) is 0 Å². The normalized spacial score (nSPS) is 11.9. The molecule has 7 aromatic carbocycles. The molecule has 0 bridgehead atoms. The van der Waals surface area contributed by atoms with Crippen molar-refractivity contribution in [2.24, 2.45) is 7.05 Å². The van der Waals surface area contributed by atoms with E-state index >= 15 is 0 Å². The van der Waals surface area contributed by atoms with Gasteiger partial charge in [-0.25, -0.2) is 4.57 Å². The van der Waals surface area contributed by atoms with Crippen molar-refractivity contribution < 1.29 is 13.4 Å². The van der Waals surface area contributed by atoms with E-state index < -0.39 is 0 Å². The Morgan fingerprint density at radius 3 is 1.92 bits per heavy atom. The van der Waals surface area contributed by atoms with Gasteiger partial charge in [-0.1, -0.05) is 109 Å². The molecule has 0 spiro atoms. The standard InChI is InChI=1S/C45H31N2O2/c1-28-21-23-34-33-24-22-31(29-13-5-3-6-14-29)27-40(33)49-43(34)41(28)45-46(2)36-18-10-11-19-37(36)47(45)38-26-25-35-32-17-9-12-20-39(32)48-44(35)42(38)30-15-7-4-8-16-30/h3-27H,1-2H3/q+1. The van der Waals surface area contributed by atoms with E-state index in [1.807, 2.05) is 12.1 Å². The number of benzene rings is 7. The van der Waals surface area contributed by atoms with E-state index in [9.17, 15) is 0 Å². The fraction of sp³-hybridized carbons (Fsp3) is 0.0444. The van der Waals surface area contributed by atoms with E-state index in [2.05, 4.69) is 163 Å². The van der Waals surface area contributed by atoms with Crippen LogP contribution >= 0.6 is 0 Å². The maximum Gasteiger partial charge on any atom is 0.299 e. The van der Waals surface area contributed by atoms with Crippen LogP contribution in [0.15, 0.2) is 160 Å². The second-order valence-electron chi connectivity index (χ2n) is 12.8. The zero-order chi connectivity index (χ0) is 32.6. The summed E-state index contributed by atoms with van der Waals surface area (Å²) in [6, 6.07) is 53.4. The van der Waals surface area contributed by atoms with E-state index in [1.54, 1.807) is 0 Å². The molecule has 0 unspecified atom stereocenters. The van der Waals surface area contributed by atoms with Crippen molar-refractivity contribution in [2.45, 2.75) is 6.92 Å². The van der Waals surface area contributed by atoms with Crippen LogP contribution in [0.5, 0.6) is 0 Å². The van der Waals surface area contributed by atoms with Gasteiger partial charge in [0.1, 0.15) is 28.0 Å². The van der Waals surface area contributed by atoms with Gasteiger partial charge in [0.05, 0.1) is 12.6 Å². The number of rotatable bonds is 4. The number of nitrogens with zero attached hydrogens (tertiary/aromatic N) is 2. The molecule has 10 rings (SSSR count). The number of para-hydroxylation sites is 3. The molecule has 0 atom stereocenters. The van der Waals surface area contributed by atoms with E-state index in [-0.39, 0.29) is 0 Å². The molecule has 3 aromatic heterocycles. The molecule has 0 aliphatic heterocycles. The first-order chi connectivity index (χ1) is 24.2. The van der Waals surface area contributed by atoms with Crippen LogP contribution in [0.4, 0.5) is 0 Å². The van der Waals surface area contributed by atoms with Crippen molar-refractivity contribution in [2.75, 3.05) is 0 Å². The highest BCUT2D eigenvalue weighted by Gasteiger charge is 2.33. The van der Waals surface area contributed by atoms with Gasteiger partial charge in [0.25, 0.3) is 5.82 Å². The second kappa shape index (κ2) is 10.6. The number of aromatic nitrogens is 2. The van der Waals surface area contributed by atoms with E-state index in [0.717, 1.165) is 94.2 Å². The summed E-state index contributed by atoms with van der Waals surface area (Å²) in [6.07, 6.45) is 0. The van der Waals surface area contributed by atoms with Gasteiger partial charge in [-0.3, -0.25) is 0 Å². The third-order valence-corrected chi connectivity index (χ3v) is 10.0. The Labute approximate surface area is 282 Å². The predicted octanol–water partition coefficient (Wildman–Crippen LogP) is 11.6. The summed E-state index contributed by atoms with van der Waals surface area (Å²) in [5.74, 6) is 1.04. The number of hydrogen-bond acceptors (Lipinski definition) is 2. The molecule has 10 aromatic rings. The molecule has 0 fully saturated rings. The summed E-state index contributed by atoms with van der Waals surface area (Å²) >= 11 is 0. The molecule has 0 radical (unpaired) electrons. The third-order valence-electron chi connectivity index (χ3n) is 10.0. The number of hydrogen-bond donors (Lipinski definition) is 0. The maximum atomic E-state index is 6.90. The summed E-state index contributed by atoms with van der Waals surface area (Å²) in [4.78, 5) is 0. The summed E-state index contributed by atoms with van der Waals surface area (Å²) in [7, 11) is 2.16. The first-order valence-electron chi connectivity index (χ1n) is 16.7. The van der Waals surface area contributed by atoms with E-state index in [0.29, 0.717) is 0 Å². The Hall–Kier alpha value is -6.39. The average molecular weight is 632 g/mol. The zero-order valence-corrected chi connectivity index (χ0v) is 27.1. The molecular formula is C45H31N2O2+. The quantitative estimate of drug-likeness (QED) is 0.181. The van der Waals surface area contributed by atoms with Crippen molar-refractivity contribution in [1.82, 2.24) is 4.57 Å². The monoisotopic (exact) mass is 631 g/mol. The fourth-order valence-electron chi connectivity index (χ4n) is 7.71. The molecule has 0 amide bonds. The molecule has 0 aliphatic carbocycles. The largest absolute Gasteiger partial charge is 0.455 e. The number of furan rings is 2. The van der Waals surface area contributed by atoms with Crippen molar-refractivity contribution in [3.05, 3.63) is 157 Å². The summed E-state index contributed by atoms with van der Waals surface area (Å²) in [6.45, 7) is 2.18. The first-order valence-corrected chi connectivity index (χ1v) is 16.7. The highest BCUT2D eigenvalue weighted by atomic mass is 16.3. The molecule has 4 heteroatoms. The van der Waals surface area contributed by atoms with Crippen LogP contribution in [-0.2, 0) is 7.05 Å². The van der Waals surface area contributed by atoms with Crippen LogP contribution in [0.1, 0.15) is 5.56 Å². The summed E-state index contributed by atoms with van der Waals surface area (Å²) < 4.78 is 18.3. The lowest BCUT2D eigenvalue weighted by molar-refractivity contribution is -0.633. The van der Waals surface area contributed by atoms with E-state index in [1.165, 1.54) is 5.56 Å². The summed E-state index contributed by atoms with van der Waals surface area (Å²) in [5, 5.41) is 4.42. The Morgan fingerprint density at radius 1 is 0.490 bits per heavy atom. The van der Waals surface area contributed by atoms with Crippen LogP contribution < -0.4 is 4.57 Å². The van der Waals surface area contributed by atoms with Crippen molar-refractivity contribution in [3.8, 4) is 39.3 Å². The molecule has 0 saturated heterocycles. The van der Waals surface area contributed by atoms with Gasteiger partial charge in [0, 0.05) is 21.5 Å². The van der Waals surface area contributed by atoms with Crippen LogP contribution in [0, 0.1) is 6.92 Å². The van der Waals surface area contributed by atoms with Crippen molar-refractivity contribution in [1.29, 1.82) is 0 Å². The lowest BCUT2D eigenvalue weighted by Crippen LogP contribution is -2.30. The van der Waals surface area contributed by atoms with Crippen molar-refractivity contribution >= 4 is 54.9 Å². The topological polar surface area (TPSA) is 35.1 Å². The van der Waals surface area contributed by atoms with Crippen LogP contribution in [-0.4, -0.2) is 4.57 Å². The minimum absolute atomic E-state index is 0.877. The minimum Gasteiger partial charge on any atom is -0.455 e. The Morgan fingerprint density at radius 2 is 1.10 bits per heavy atom. The number of aryl methyl sites for hydroxylation is 2. The molecule has 4 nitrogen and oxygen atoms in total. The predicted molar refractivity (Wildman–Crippen MR) is 200 cm³/mol. The fourth-order valence-corrected chi connectivity index (χ4v) is 7.71. The van der Waals surface area contributed by atoms with Gasteiger partial charge < -0.3 is 8.83 Å². The molecule has 0 N–H and O–H groups in total. The lowest BCUT2D eigenvalue weighted by Gasteiger charge is -2.12.